The Morgan fingerprint density at radius 1 is 1.27 bits per heavy atom. The molecule has 0 bridgehead atoms. The number of hydrogen-bond donors (Lipinski definition) is 1. The molecule has 0 radical (unpaired) electrons. The summed E-state index contributed by atoms with van der Waals surface area (Å²) in [5, 5.41) is 0. The van der Waals surface area contributed by atoms with Crippen molar-refractivity contribution in [1.82, 2.24) is 9.88 Å². The van der Waals surface area contributed by atoms with Crippen LogP contribution in [-0.4, -0.2) is 29.4 Å². The van der Waals surface area contributed by atoms with Crippen molar-refractivity contribution >= 4 is 5.91 Å². The molecule has 1 amide bonds. The molecule has 1 N–H and O–H groups in total. The van der Waals surface area contributed by atoms with E-state index in [0.717, 1.165) is 11.3 Å². The summed E-state index contributed by atoms with van der Waals surface area (Å²) >= 11 is 0. The number of pyridine rings is 1. The van der Waals surface area contributed by atoms with E-state index in [2.05, 4.69) is 11.6 Å². The predicted molar refractivity (Wildman–Crippen MR) is 85.0 cm³/mol. The van der Waals surface area contributed by atoms with Gasteiger partial charge >= 0.3 is 0 Å². The summed E-state index contributed by atoms with van der Waals surface area (Å²) < 4.78 is 5.12. The molecule has 0 saturated carbocycles. The van der Waals surface area contributed by atoms with Crippen molar-refractivity contribution in [2.24, 2.45) is 0 Å². The van der Waals surface area contributed by atoms with E-state index in [4.69, 9.17) is 4.74 Å². The number of aromatic nitrogens is 1. The molecule has 2 rings (SSSR count). The lowest BCUT2D eigenvalue weighted by Gasteiger charge is -2.21. The summed E-state index contributed by atoms with van der Waals surface area (Å²) in [6.07, 6.45) is 3.10. The minimum Gasteiger partial charge on any atom is -0.497 e. The van der Waals surface area contributed by atoms with Crippen molar-refractivity contribution in [2.45, 2.75) is 6.54 Å². The molecule has 0 aliphatic rings. The standard InChI is InChI=1S/C17H18N2O3/c1-3-10-19(12-13-4-7-15(22-2)8-5-13)17(21)14-6-9-16(20)18-11-14/h3-9,11H,1,10,12H2,2H3,(H,18,20). The fraction of sp³-hybridized carbons (Fsp3) is 0.176. The van der Waals surface area contributed by atoms with Crippen LogP contribution in [-0.2, 0) is 6.54 Å². The van der Waals surface area contributed by atoms with Gasteiger partial charge in [0.05, 0.1) is 12.7 Å². The third-order valence-corrected chi connectivity index (χ3v) is 3.20. The third kappa shape index (κ3) is 3.85. The average molecular weight is 298 g/mol. The van der Waals surface area contributed by atoms with Crippen molar-refractivity contribution in [1.29, 1.82) is 0 Å². The number of carbonyl (C=O) groups is 1. The summed E-state index contributed by atoms with van der Waals surface area (Å²) in [7, 11) is 1.61. The van der Waals surface area contributed by atoms with Crippen LogP contribution in [0.4, 0.5) is 0 Å². The van der Waals surface area contributed by atoms with E-state index in [1.165, 1.54) is 18.3 Å². The van der Waals surface area contributed by atoms with E-state index >= 15 is 0 Å². The van der Waals surface area contributed by atoms with Crippen LogP contribution in [0, 0.1) is 0 Å². The first-order valence-corrected chi connectivity index (χ1v) is 6.86. The number of rotatable bonds is 6. The Balaban J connectivity index is 2.17. The summed E-state index contributed by atoms with van der Waals surface area (Å²) in [4.78, 5) is 27.8. The topological polar surface area (TPSA) is 62.4 Å². The van der Waals surface area contributed by atoms with Crippen LogP contribution >= 0.6 is 0 Å². The number of hydrogen-bond acceptors (Lipinski definition) is 3. The Bertz CT molecular complexity index is 684. The molecule has 0 unspecified atom stereocenters. The molecule has 1 aromatic heterocycles. The molecule has 2 aromatic rings. The number of ether oxygens (including phenoxy) is 1. The number of aromatic amines is 1. The maximum atomic E-state index is 12.5. The van der Waals surface area contributed by atoms with Gasteiger partial charge in [-0.1, -0.05) is 18.2 Å². The molecule has 22 heavy (non-hydrogen) atoms. The van der Waals surface area contributed by atoms with Crippen LogP contribution in [0.2, 0.25) is 0 Å². The second kappa shape index (κ2) is 7.26. The first-order chi connectivity index (χ1) is 10.6. The highest BCUT2D eigenvalue weighted by Gasteiger charge is 2.15. The number of nitrogens with zero attached hydrogens (tertiary/aromatic N) is 1. The van der Waals surface area contributed by atoms with Crippen LogP contribution in [0.5, 0.6) is 5.75 Å². The largest absolute Gasteiger partial charge is 0.497 e. The van der Waals surface area contributed by atoms with Crippen molar-refractivity contribution in [3.63, 3.8) is 0 Å². The zero-order valence-electron chi connectivity index (χ0n) is 12.4. The fourth-order valence-corrected chi connectivity index (χ4v) is 2.05. The van der Waals surface area contributed by atoms with Gasteiger partial charge in [-0.25, -0.2) is 0 Å². The number of methoxy groups -OCH3 is 1. The number of carbonyl (C=O) groups excluding carboxylic acids is 1. The van der Waals surface area contributed by atoms with Gasteiger partial charge in [-0.15, -0.1) is 6.58 Å². The quantitative estimate of drug-likeness (QED) is 0.832. The molecule has 1 aromatic carbocycles. The fourth-order valence-electron chi connectivity index (χ4n) is 2.05. The highest BCUT2D eigenvalue weighted by atomic mass is 16.5. The zero-order valence-corrected chi connectivity index (χ0v) is 12.4. The number of H-pyrrole nitrogens is 1. The van der Waals surface area contributed by atoms with Gasteiger partial charge in [0.25, 0.3) is 5.91 Å². The Morgan fingerprint density at radius 3 is 2.55 bits per heavy atom. The smallest absolute Gasteiger partial charge is 0.255 e. The van der Waals surface area contributed by atoms with Gasteiger partial charge in [0.15, 0.2) is 0 Å². The Kier molecular flexibility index (Phi) is 5.14. The third-order valence-electron chi connectivity index (χ3n) is 3.20. The van der Waals surface area contributed by atoms with Crippen molar-refractivity contribution in [3.8, 4) is 5.75 Å². The monoisotopic (exact) mass is 298 g/mol. The number of amides is 1. The molecule has 114 valence electrons. The second-order valence-corrected chi connectivity index (χ2v) is 4.76. The molecular formula is C17H18N2O3. The van der Waals surface area contributed by atoms with E-state index in [1.54, 1.807) is 18.1 Å². The van der Waals surface area contributed by atoms with Crippen LogP contribution < -0.4 is 10.3 Å². The van der Waals surface area contributed by atoms with Crippen molar-refractivity contribution in [2.75, 3.05) is 13.7 Å². The second-order valence-electron chi connectivity index (χ2n) is 4.76. The van der Waals surface area contributed by atoms with Crippen LogP contribution in [0.3, 0.4) is 0 Å². The molecule has 5 nitrogen and oxygen atoms in total. The number of benzene rings is 1. The lowest BCUT2D eigenvalue weighted by molar-refractivity contribution is 0.0762. The van der Waals surface area contributed by atoms with Crippen LogP contribution in [0.1, 0.15) is 15.9 Å². The van der Waals surface area contributed by atoms with E-state index in [1.807, 2.05) is 24.3 Å². The number of nitrogens with one attached hydrogen (secondary N) is 1. The summed E-state index contributed by atoms with van der Waals surface area (Å²) in [5.41, 5.74) is 1.19. The molecule has 0 saturated heterocycles. The first-order valence-electron chi connectivity index (χ1n) is 6.86. The van der Waals surface area contributed by atoms with Gasteiger partial charge in [0, 0.05) is 25.4 Å². The Labute approximate surface area is 128 Å². The van der Waals surface area contributed by atoms with Gasteiger partial charge in [0.1, 0.15) is 5.75 Å². The molecule has 1 heterocycles. The van der Waals surface area contributed by atoms with E-state index in [0.29, 0.717) is 18.7 Å². The highest BCUT2D eigenvalue weighted by Crippen LogP contribution is 2.14. The maximum absolute atomic E-state index is 12.5. The summed E-state index contributed by atoms with van der Waals surface area (Å²) in [6, 6.07) is 10.4. The lowest BCUT2D eigenvalue weighted by Crippen LogP contribution is -2.31. The molecule has 0 aliphatic heterocycles. The zero-order chi connectivity index (χ0) is 15.9. The molecule has 0 fully saturated rings. The van der Waals surface area contributed by atoms with Gasteiger partial charge in [-0.3, -0.25) is 9.59 Å². The van der Waals surface area contributed by atoms with E-state index < -0.39 is 0 Å². The van der Waals surface area contributed by atoms with Crippen LogP contribution in [0.25, 0.3) is 0 Å². The average Bonchev–Trinajstić information content (AvgIpc) is 2.55. The van der Waals surface area contributed by atoms with Crippen LogP contribution in [0.15, 0.2) is 60.0 Å². The van der Waals surface area contributed by atoms with Gasteiger partial charge in [-0.2, -0.15) is 0 Å². The SMILES string of the molecule is C=CCN(Cc1ccc(OC)cc1)C(=O)c1ccc(=O)[nH]c1. The van der Waals surface area contributed by atoms with E-state index in [9.17, 15) is 9.59 Å². The molecule has 5 heteroatoms. The Morgan fingerprint density at radius 2 is 2.00 bits per heavy atom. The molecular weight excluding hydrogens is 280 g/mol. The minimum absolute atomic E-state index is 0.160. The molecule has 0 atom stereocenters. The van der Waals surface area contributed by atoms with Gasteiger partial charge < -0.3 is 14.6 Å². The summed E-state index contributed by atoms with van der Waals surface area (Å²) in [5.74, 6) is 0.609. The van der Waals surface area contributed by atoms with Crippen molar-refractivity contribution in [3.05, 3.63) is 76.7 Å². The minimum atomic E-state index is -0.234. The normalized spacial score (nSPS) is 10.0. The highest BCUT2D eigenvalue weighted by molar-refractivity contribution is 5.93. The molecule has 0 aliphatic carbocycles. The predicted octanol–water partition coefficient (Wildman–Crippen LogP) is 2.21. The first kappa shape index (κ1) is 15.6. The Hall–Kier alpha value is -2.82. The summed E-state index contributed by atoms with van der Waals surface area (Å²) in [6.45, 7) is 4.56. The molecule has 0 spiro atoms. The van der Waals surface area contributed by atoms with Gasteiger partial charge in [-0.05, 0) is 23.8 Å². The van der Waals surface area contributed by atoms with Crippen molar-refractivity contribution < 1.29 is 9.53 Å². The lowest BCUT2D eigenvalue weighted by atomic mass is 10.1. The van der Waals surface area contributed by atoms with E-state index in [-0.39, 0.29) is 11.5 Å². The maximum Gasteiger partial charge on any atom is 0.255 e. The van der Waals surface area contributed by atoms with Gasteiger partial charge in [0.2, 0.25) is 5.56 Å².